The van der Waals surface area contributed by atoms with Crippen molar-refractivity contribution in [3.05, 3.63) is 60.9 Å². The van der Waals surface area contributed by atoms with Crippen molar-refractivity contribution in [1.29, 1.82) is 0 Å². The van der Waals surface area contributed by atoms with Crippen LogP contribution in [0.2, 0.25) is 0 Å². The fraction of sp³-hybridized carbons (Fsp3) is 0.143. The number of nitrogens with zero attached hydrogens (tertiary/aromatic N) is 2. The lowest BCUT2D eigenvalue weighted by molar-refractivity contribution is 0.0954. The van der Waals surface area contributed by atoms with Gasteiger partial charge >= 0.3 is 0 Å². The van der Waals surface area contributed by atoms with Gasteiger partial charge in [0.1, 0.15) is 0 Å². The fourth-order valence-electron chi connectivity index (χ4n) is 1.58. The summed E-state index contributed by atoms with van der Waals surface area (Å²) in [5.41, 5.74) is 1.58. The molecule has 1 aromatic heterocycles. The first-order valence-electron chi connectivity index (χ1n) is 5.80. The van der Waals surface area contributed by atoms with E-state index < -0.39 is 0 Å². The minimum absolute atomic E-state index is 0.0659. The Kier molecular flexibility index (Phi) is 3.91. The van der Waals surface area contributed by atoms with Gasteiger partial charge in [-0.05, 0) is 36.8 Å². The lowest BCUT2D eigenvalue weighted by Gasteiger charge is -2.05. The molecule has 0 saturated carbocycles. The average molecular weight is 241 g/mol. The molecule has 1 aromatic carbocycles. The quantitative estimate of drug-likeness (QED) is 0.644. The van der Waals surface area contributed by atoms with Crippen LogP contribution >= 0.6 is 0 Å². The molecule has 2 rings (SSSR count). The third-order valence-corrected chi connectivity index (χ3v) is 2.53. The highest BCUT2D eigenvalue weighted by molar-refractivity contribution is 5.94. The summed E-state index contributed by atoms with van der Waals surface area (Å²) in [6.07, 6.45) is 6.13. The molecule has 0 aliphatic carbocycles. The van der Waals surface area contributed by atoms with Crippen molar-refractivity contribution in [2.24, 2.45) is 0 Å². The Labute approximate surface area is 106 Å². The summed E-state index contributed by atoms with van der Waals surface area (Å²) in [6, 6.07) is 9.18. The molecule has 1 heterocycles. The molecule has 4 nitrogen and oxygen atoms in total. The summed E-state index contributed by atoms with van der Waals surface area (Å²) in [5.74, 6) is -0.0659. The smallest absolute Gasteiger partial charge is 0.251 e. The van der Waals surface area contributed by atoms with E-state index in [4.69, 9.17) is 0 Å². The molecule has 0 saturated heterocycles. The Hall–Kier alpha value is -2.36. The molecule has 0 atom stereocenters. The lowest BCUT2D eigenvalue weighted by Crippen LogP contribution is -2.24. The van der Waals surface area contributed by atoms with Gasteiger partial charge in [-0.1, -0.05) is 6.08 Å². The van der Waals surface area contributed by atoms with Crippen LogP contribution in [0.15, 0.2) is 55.4 Å². The average Bonchev–Trinajstić information content (AvgIpc) is 2.93. The van der Waals surface area contributed by atoms with Gasteiger partial charge in [0.25, 0.3) is 5.91 Å². The van der Waals surface area contributed by atoms with Crippen molar-refractivity contribution in [3.8, 4) is 5.69 Å². The van der Waals surface area contributed by atoms with Gasteiger partial charge in [0, 0.05) is 24.5 Å². The van der Waals surface area contributed by atoms with E-state index in [-0.39, 0.29) is 5.91 Å². The minimum atomic E-state index is -0.0659. The molecule has 0 bridgehead atoms. The molecule has 1 amide bonds. The monoisotopic (exact) mass is 241 g/mol. The molecule has 4 heteroatoms. The Morgan fingerprint density at radius 1 is 1.39 bits per heavy atom. The molecular formula is C14H15N3O. The van der Waals surface area contributed by atoms with E-state index in [1.807, 2.05) is 24.4 Å². The van der Waals surface area contributed by atoms with E-state index in [0.29, 0.717) is 12.1 Å². The summed E-state index contributed by atoms with van der Waals surface area (Å²) in [4.78, 5) is 11.7. The highest BCUT2D eigenvalue weighted by Crippen LogP contribution is 2.08. The number of hydrogen-bond donors (Lipinski definition) is 1. The van der Waals surface area contributed by atoms with Crippen LogP contribution < -0.4 is 5.32 Å². The largest absolute Gasteiger partial charge is 0.352 e. The van der Waals surface area contributed by atoms with Crippen molar-refractivity contribution in [2.45, 2.75) is 6.42 Å². The van der Waals surface area contributed by atoms with Crippen molar-refractivity contribution >= 4 is 5.91 Å². The van der Waals surface area contributed by atoms with E-state index in [1.54, 1.807) is 29.1 Å². The highest BCUT2D eigenvalue weighted by Gasteiger charge is 2.04. The van der Waals surface area contributed by atoms with E-state index >= 15 is 0 Å². The predicted molar refractivity (Wildman–Crippen MR) is 70.7 cm³/mol. The zero-order valence-corrected chi connectivity index (χ0v) is 10.0. The Morgan fingerprint density at radius 2 is 2.17 bits per heavy atom. The Bertz CT molecular complexity index is 514. The van der Waals surface area contributed by atoms with Gasteiger partial charge in [0.15, 0.2) is 0 Å². The number of benzene rings is 1. The Morgan fingerprint density at radius 3 is 2.78 bits per heavy atom. The first-order valence-corrected chi connectivity index (χ1v) is 5.80. The Balaban J connectivity index is 2.03. The van der Waals surface area contributed by atoms with Crippen molar-refractivity contribution in [3.63, 3.8) is 0 Å². The van der Waals surface area contributed by atoms with E-state index in [0.717, 1.165) is 12.1 Å². The minimum Gasteiger partial charge on any atom is -0.352 e. The summed E-state index contributed by atoms with van der Waals surface area (Å²) in [6.45, 7) is 4.22. The van der Waals surface area contributed by atoms with Gasteiger partial charge in [-0.3, -0.25) is 4.79 Å². The maximum absolute atomic E-state index is 11.7. The molecule has 0 fully saturated rings. The second kappa shape index (κ2) is 5.82. The normalized spacial score (nSPS) is 10.0. The van der Waals surface area contributed by atoms with Gasteiger partial charge in [-0.2, -0.15) is 5.10 Å². The zero-order valence-electron chi connectivity index (χ0n) is 10.0. The molecular weight excluding hydrogens is 226 g/mol. The third kappa shape index (κ3) is 2.85. The van der Waals surface area contributed by atoms with Crippen LogP contribution in [0.5, 0.6) is 0 Å². The number of carbonyl (C=O) groups excluding carboxylic acids is 1. The van der Waals surface area contributed by atoms with Crippen LogP contribution in [0.4, 0.5) is 0 Å². The van der Waals surface area contributed by atoms with Gasteiger partial charge in [0.2, 0.25) is 0 Å². The SMILES string of the molecule is C=CCCNC(=O)c1ccc(-n2cccn2)cc1. The van der Waals surface area contributed by atoms with Crippen LogP contribution in [0.1, 0.15) is 16.8 Å². The van der Waals surface area contributed by atoms with E-state index in [1.165, 1.54) is 0 Å². The number of amides is 1. The standard InChI is InChI=1S/C14H15N3O/c1-2-3-9-15-14(18)12-5-7-13(8-6-12)17-11-4-10-16-17/h2,4-8,10-11H,1,3,9H2,(H,15,18). The van der Waals surface area contributed by atoms with Crippen LogP contribution in [0.25, 0.3) is 5.69 Å². The summed E-state index contributed by atoms with van der Waals surface area (Å²) < 4.78 is 1.75. The lowest BCUT2D eigenvalue weighted by atomic mass is 10.2. The number of carbonyl (C=O) groups is 1. The van der Waals surface area contributed by atoms with Crippen LogP contribution in [-0.2, 0) is 0 Å². The molecule has 0 spiro atoms. The molecule has 92 valence electrons. The molecule has 18 heavy (non-hydrogen) atoms. The van der Waals surface area contributed by atoms with E-state index in [9.17, 15) is 4.79 Å². The van der Waals surface area contributed by atoms with Crippen molar-refractivity contribution in [1.82, 2.24) is 15.1 Å². The maximum Gasteiger partial charge on any atom is 0.251 e. The molecule has 0 unspecified atom stereocenters. The van der Waals surface area contributed by atoms with Gasteiger partial charge < -0.3 is 5.32 Å². The summed E-state index contributed by atoms with van der Waals surface area (Å²) >= 11 is 0. The van der Waals surface area contributed by atoms with Gasteiger partial charge in [0.05, 0.1) is 5.69 Å². The molecule has 0 aliphatic heterocycles. The summed E-state index contributed by atoms with van der Waals surface area (Å²) in [7, 11) is 0. The zero-order chi connectivity index (χ0) is 12.8. The third-order valence-electron chi connectivity index (χ3n) is 2.53. The maximum atomic E-state index is 11.7. The van der Waals surface area contributed by atoms with Crippen molar-refractivity contribution in [2.75, 3.05) is 6.54 Å². The fourth-order valence-corrected chi connectivity index (χ4v) is 1.58. The number of rotatable bonds is 5. The number of hydrogen-bond acceptors (Lipinski definition) is 2. The van der Waals surface area contributed by atoms with E-state index in [2.05, 4.69) is 17.0 Å². The topological polar surface area (TPSA) is 46.9 Å². The van der Waals surface area contributed by atoms with Crippen LogP contribution in [0, 0.1) is 0 Å². The second-order valence-corrected chi connectivity index (χ2v) is 3.83. The molecule has 1 N–H and O–H groups in total. The van der Waals surface area contributed by atoms with Gasteiger partial charge in [-0.25, -0.2) is 4.68 Å². The molecule has 2 aromatic rings. The summed E-state index contributed by atoms with van der Waals surface area (Å²) in [5, 5.41) is 6.95. The van der Waals surface area contributed by atoms with Gasteiger partial charge in [-0.15, -0.1) is 6.58 Å². The molecule has 0 radical (unpaired) electrons. The number of nitrogens with one attached hydrogen (secondary N) is 1. The van der Waals surface area contributed by atoms with Crippen LogP contribution in [0.3, 0.4) is 0 Å². The number of aromatic nitrogens is 2. The first kappa shape index (κ1) is 12.1. The second-order valence-electron chi connectivity index (χ2n) is 3.83. The van der Waals surface area contributed by atoms with Crippen molar-refractivity contribution < 1.29 is 4.79 Å². The first-order chi connectivity index (χ1) is 8.81. The predicted octanol–water partition coefficient (Wildman–Crippen LogP) is 2.18. The van der Waals surface area contributed by atoms with Crippen LogP contribution in [-0.4, -0.2) is 22.2 Å². The highest BCUT2D eigenvalue weighted by atomic mass is 16.1. The molecule has 0 aliphatic rings.